The van der Waals surface area contributed by atoms with Crippen LogP contribution in [-0.4, -0.2) is 36.6 Å². The van der Waals surface area contributed by atoms with Gasteiger partial charge in [0.2, 0.25) is 5.91 Å². The number of halogens is 1. The van der Waals surface area contributed by atoms with E-state index in [1.807, 2.05) is 4.90 Å². The molecule has 1 aliphatic rings. The van der Waals surface area contributed by atoms with Crippen molar-refractivity contribution in [3.05, 3.63) is 35.1 Å². The fourth-order valence-corrected chi connectivity index (χ4v) is 2.21. The van der Waals surface area contributed by atoms with E-state index in [9.17, 15) is 9.18 Å². The van der Waals surface area contributed by atoms with Gasteiger partial charge < -0.3 is 16.2 Å². The first-order chi connectivity index (χ1) is 9.11. The highest BCUT2D eigenvalue weighted by molar-refractivity contribution is 5.80. The molecule has 1 unspecified atom stereocenters. The number of hydrogen-bond acceptors (Lipinski definition) is 4. The highest BCUT2D eigenvalue weighted by atomic mass is 19.1. The number of benzene rings is 1. The first-order valence-electron chi connectivity index (χ1n) is 6.20. The SMILES string of the molecule is NCc1cc(CN2CCOCC2C(N)=O)ccc1F. The van der Waals surface area contributed by atoms with Crippen molar-refractivity contribution in [3.63, 3.8) is 0 Å². The second-order valence-electron chi connectivity index (χ2n) is 4.59. The molecule has 1 atom stereocenters. The summed E-state index contributed by atoms with van der Waals surface area (Å²) in [7, 11) is 0. The normalized spacial score (nSPS) is 20.4. The maximum absolute atomic E-state index is 13.4. The van der Waals surface area contributed by atoms with Crippen molar-refractivity contribution >= 4 is 5.91 Å². The smallest absolute Gasteiger partial charge is 0.237 e. The molecule has 0 radical (unpaired) electrons. The van der Waals surface area contributed by atoms with Gasteiger partial charge in [-0.3, -0.25) is 9.69 Å². The van der Waals surface area contributed by atoms with Gasteiger partial charge in [-0.25, -0.2) is 4.39 Å². The highest BCUT2D eigenvalue weighted by Crippen LogP contribution is 2.15. The molecule has 0 bridgehead atoms. The molecular formula is C13H18FN3O2. The lowest BCUT2D eigenvalue weighted by molar-refractivity contribution is -0.129. The number of rotatable bonds is 4. The van der Waals surface area contributed by atoms with E-state index in [1.165, 1.54) is 6.07 Å². The molecule has 0 spiro atoms. The number of morpholine rings is 1. The Morgan fingerprint density at radius 2 is 2.32 bits per heavy atom. The van der Waals surface area contributed by atoms with Crippen LogP contribution in [0.5, 0.6) is 0 Å². The van der Waals surface area contributed by atoms with Crippen LogP contribution in [0.3, 0.4) is 0 Å². The summed E-state index contributed by atoms with van der Waals surface area (Å²) in [6.07, 6.45) is 0. The van der Waals surface area contributed by atoms with Crippen LogP contribution < -0.4 is 11.5 Å². The first kappa shape index (κ1) is 13.9. The third-order valence-electron chi connectivity index (χ3n) is 3.28. The molecule has 0 saturated carbocycles. The van der Waals surface area contributed by atoms with Crippen molar-refractivity contribution in [3.8, 4) is 0 Å². The number of nitrogens with zero attached hydrogens (tertiary/aromatic N) is 1. The largest absolute Gasteiger partial charge is 0.378 e. The van der Waals surface area contributed by atoms with Gasteiger partial charge in [0.25, 0.3) is 0 Å². The fourth-order valence-electron chi connectivity index (χ4n) is 2.21. The Kier molecular flexibility index (Phi) is 4.47. The molecule has 1 aliphatic heterocycles. The molecule has 1 amide bonds. The van der Waals surface area contributed by atoms with Crippen LogP contribution in [0.1, 0.15) is 11.1 Å². The van der Waals surface area contributed by atoms with Gasteiger partial charge in [0.1, 0.15) is 11.9 Å². The molecule has 19 heavy (non-hydrogen) atoms. The van der Waals surface area contributed by atoms with Crippen molar-refractivity contribution in [1.82, 2.24) is 4.90 Å². The van der Waals surface area contributed by atoms with Crippen LogP contribution >= 0.6 is 0 Å². The zero-order valence-electron chi connectivity index (χ0n) is 10.6. The minimum absolute atomic E-state index is 0.155. The number of ether oxygens (including phenoxy) is 1. The number of primary amides is 1. The van der Waals surface area contributed by atoms with E-state index < -0.39 is 11.9 Å². The summed E-state index contributed by atoms with van der Waals surface area (Å²) in [5, 5.41) is 0. The molecule has 0 aromatic heterocycles. The summed E-state index contributed by atoms with van der Waals surface area (Å²) in [5.74, 6) is -0.708. The van der Waals surface area contributed by atoms with Crippen LogP contribution in [0.15, 0.2) is 18.2 Å². The molecule has 6 heteroatoms. The van der Waals surface area contributed by atoms with Crippen molar-refractivity contribution in [2.24, 2.45) is 11.5 Å². The minimum Gasteiger partial charge on any atom is -0.378 e. The molecule has 1 aromatic rings. The Bertz CT molecular complexity index is 467. The molecule has 104 valence electrons. The molecule has 1 saturated heterocycles. The van der Waals surface area contributed by atoms with Gasteiger partial charge in [-0.1, -0.05) is 12.1 Å². The van der Waals surface area contributed by atoms with Crippen molar-refractivity contribution < 1.29 is 13.9 Å². The number of carbonyl (C=O) groups excluding carboxylic acids is 1. The number of carbonyl (C=O) groups is 1. The Balaban J connectivity index is 2.12. The molecule has 4 N–H and O–H groups in total. The Labute approximate surface area is 111 Å². The molecule has 0 aliphatic carbocycles. The fraction of sp³-hybridized carbons (Fsp3) is 0.462. The molecule has 1 heterocycles. The second kappa shape index (κ2) is 6.10. The minimum atomic E-state index is -0.430. The van der Waals surface area contributed by atoms with Crippen molar-refractivity contribution in [2.75, 3.05) is 19.8 Å². The summed E-state index contributed by atoms with van der Waals surface area (Å²) < 4.78 is 18.6. The van der Waals surface area contributed by atoms with Gasteiger partial charge in [-0.15, -0.1) is 0 Å². The average Bonchev–Trinajstić information content (AvgIpc) is 2.41. The third-order valence-corrected chi connectivity index (χ3v) is 3.28. The second-order valence-corrected chi connectivity index (χ2v) is 4.59. The summed E-state index contributed by atoms with van der Waals surface area (Å²) in [6, 6.07) is 4.39. The van der Waals surface area contributed by atoms with Crippen LogP contribution in [0.4, 0.5) is 4.39 Å². The van der Waals surface area contributed by atoms with Gasteiger partial charge in [-0.2, -0.15) is 0 Å². The predicted molar refractivity (Wildman–Crippen MR) is 68.5 cm³/mol. The van der Waals surface area contributed by atoms with Crippen LogP contribution in [0.25, 0.3) is 0 Å². The molecule has 5 nitrogen and oxygen atoms in total. The molecular weight excluding hydrogens is 249 g/mol. The zero-order valence-corrected chi connectivity index (χ0v) is 10.6. The van der Waals surface area contributed by atoms with E-state index in [-0.39, 0.29) is 12.4 Å². The number of amides is 1. The maximum atomic E-state index is 13.4. The zero-order chi connectivity index (χ0) is 13.8. The van der Waals surface area contributed by atoms with E-state index in [4.69, 9.17) is 16.2 Å². The summed E-state index contributed by atoms with van der Waals surface area (Å²) in [4.78, 5) is 13.3. The van der Waals surface area contributed by atoms with Gasteiger partial charge in [0.05, 0.1) is 13.2 Å². The van der Waals surface area contributed by atoms with Gasteiger partial charge in [0, 0.05) is 25.2 Å². The number of nitrogens with two attached hydrogens (primary N) is 2. The molecule has 1 fully saturated rings. The van der Waals surface area contributed by atoms with Gasteiger partial charge in [-0.05, 0) is 11.6 Å². The Morgan fingerprint density at radius 3 is 3.00 bits per heavy atom. The lowest BCUT2D eigenvalue weighted by Crippen LogP contribution is -2.51. The van der Waals surface area contributed by atoms with Gasteiger partial charge in [0.15, 0.2) is 0 Å². The lowest BCUT2D eigenvalue weighted by atomic mass is 10.1. The maximum Gasteiger partial charge on any atom is 0.237 e. The van der Waals surface area contributed by atoms with Crippen molar-refractivity contribution in [2.45, 2.75) is 19.1 Å². The summed E-state index contributed by atoms with van der Waals surface area (Å²) in [5.41, 5.74) is 12.2. The van der Waals surface area contributed by atoms with Crippen molar-refractivity contribution in [1.29, 1.82) is 0 Å². The van der Waals surface area contributed by atoms with E-state index in [0.717, 1.165) is 5.56 Å². The number of hydrogen-bond donors (Lipinski definition) is 2. The molecule has 2 rings (SSSR count). The summed E-state index contributed by atoms with van der Waals surface area (Å²) in [6.45, 7) is 2.18. The Hall–Kier alpha value is -1.50. The van der Waals surface area contributed by atoms with E-state index in [0.29, 0.717) is 31.9 Å². The standard InChI is InChI=1S/C13H18FN3O2/c14-11-2-1-9(5-10(11)6-15)7-17-3-4-19-8-12(17)13(16)18/h1-2,5,12H,3-4,6-8,15H2,(H2,16,18). The van der Waals surface area contributed by atoms with E-state index >= 15 is 0 Å². The average molecular weight is 267 g/mol. The molecule has 1 aromatic carbocycles. The van der Waals surface area contributed by atoms with E-state index in [1.54, 1.807) is 12.1 Å². The third kappa shape index (κ3) is 3.28. The topological polar surface area (TPSA) is 81.6 Å². The quantitative estimate of drug-likeness (QED) is 0.802. The summed E-state index contributed by atoms with van der Waals surface area (Å²) >= 11 is 0. The first-order valence-corrected chi connectivity index (χ1v) is 6.20. The van der Waals surface area contributed by atoms with E-state index in [2.05, 4.69) is 0 Å². The highest BCUT2D eigenvalue weighted by Gasteiger charge is 2.27. The Morgan fingerprint density at radius 1 is 1.53 bits per heavy atom. The van der Waals surface area contributed by atoms with Crippen LogP contribution in [0.2, 0.25) is 0 Å². The monoisotopic (exact) mass is 267 g/mol. The van der Waals surface area contributed by atoms with Crippen LogP contribution in [-0.2, 0) is 22.6 Å². The lowest BCUT2D eigenvalue weighted by Gasteiger charge is -2.33. The van der Waals surface area contributed by atoms with Gasteiger partial charge >= 0.3 is 0 Å². The predicted octanol–water partition coefficient (Wildman–Crippen LogP) is -0.0295. The van der Waals surface area contributed by atoms with Crippen LogP contribution in [0, 0.1) is 5.82 Å².